The van der Waals surface area contributed by atoms with E-state index >= 15 is 0 Å². The monoisotopic (exact) mass is 373 g/mol. The summed E-state index contributed by atoms with van der Waals surface area (Å²) in [5.74, 6) is 0.619. The molecule has 23 heavy (non-hydrogen) atoms. The van der Waals surface area contributed by atoms with Gasteiger partial charge in [0.15, 0.2) is 11.7 Å². The van der Waals surface area contributed by atoms with Crippen molar-refractivity contribution < 1.29 is 4.74 Å². The van der Waals surface area contributed by atoms with Crippen LogP contribution in [0.15, 0.2) is 52.4 Å². The van der Waals surface area contributed by atoms with E-state index in [-0.39, 0.29) is 24.3 Å². The number of nitrogens with two attached hydrogens (primary N) is 3. The fraction of sp³-hybridized carbons (Fsp3) is 0. The van der Waals surface area contributed by atoms with Crippen LogP contribution >= 0.6 is 35.6 Å². The third kappa shape index (κ3) is 5.52. The Balaban J connectivity index is 0.00000264. The number of hydrogen-bond acceptors (Lipinski definition) is 2. The topological polar surface area (TPSA) is 112 Å². The predicted molar refractivity (Wildman–Crippen MR) is 97.3 cm³/mol. The summed E-state index contributed by atoms with van der Waals surface area (Å²) in [6.45, 7) is 0. The van der Waals surface area contributed by atoms with Crippen LogP contribution in [-0.4, -0.2) is 11.9 Å². The average Bonchev–Trinajstić information content (AvgIpc) is 2.43. The van der Waals surface area contributed by atoms with E-state index < -0.39 is 0 Å². The van der Waals surface area contributed by atoms with Crippen LogP contribution in [0.1, 0.15) is 0 Å². The molecule has 6 N–H and O–H groups in total. The van der Waals surface area contributed by atoms with Gasteiger partial charge in [0.05, 0.1) is 5.02 Å². The van der Waals surface area contributed by atoms with Crippen molar-refractivity contribution in [3.8, 4) is 11.5 Å². The normalized spacial score (nSPS) is 10.6. The highest BCUT2D eigenvalue weighted by molar-refractivity contribution is 6.35. The first-order valence-electron chi connectivity index (χ1n) is 6.11. The molecule has 0 aliphatic carbocycles. The van der Waals surface area contributed by atoms with Crippen LogP contribution in [0, 0.1) is 0 Å². The van der Waals surface area contributed by atoms with Crippen LogP contribution < -0.4 is 21.9 Å². The Morgan fingerprint density at radius 3 is 2.30 bits per heavy atom. The van der Waals surface area contributed by atoms with Gasteiger partial charge in [-0.15, -0.1) is 12.4 Å². The average molecular weight is 375 g/mol. The number of hydrogen-bond donors (Lipinski definition) is 3. The standard InChI is InChI=1S/C14H13Cl2N5O.ClH/c15-8-5-6-11(9(16)7-8)22-12-4-2-1-3-10(12)20-14(19)21-13(17)18;/h1-7H,(H6,17,18,19,20,21);1H. The maximum Gasteiger partial charge on any atom is 0.223 e. The van der Waals surface area contributed by atoms with Crippen LogP contribution in [0.4, 0.5) is 5.69 Å². The summed E-state index contributed by atoms with van der Waals surface area (Å²) >= 11 is 11.9. The minimum Gasteiger partial charge on any atom is -0.454 e. The van der Waals surface area contributed by atoms with Crippen molar-refractivity contribution in [2.75, 3.05) is 0 Å². The van der Waals surface area contributed by atoms with Gasteiger partial charge in [-0.05, 0) is 30.3 Å². The Bertz CT molecular complexity index is 745. The lowest BCUT2D eigenvalue weighted by atomic mass is 10.3. The van der Waals surface area contributed by atoms with Gasteiger partial charge in [-0.25, -0.2) is 4.99 Å². The molecule has 0 bridgehead atoms. The van der Waals surface area contributed by atoms with Crippen LogP contribution in [-0.2, 0) is 0 Å². The van der Waals surface area contributed by atoms with Gasteiger partial charge in [-0.3, -0.25) is 0 Å². The summed E-state index contributed by atoms with van der Waals surface area (Å²) in [6.07, 6.45) is 0. The molecule has 2 aromatic carbocycles. The van der Waals surface area contributed by atoms with Crippen molar-refractivity contribution in [1.82, 2.24) is 0 Å². The predicted octanol–water partition coefficient (Wildman–Crippen LogP) is 3.43. The fourth-order valence-electron chi connectivity index (χ4n) is 1.59. The lowest BCUT2D eigenvalue weighted by Gasteiger charge is -2.10. The molecule has 0 spiro atoms. The van der Waals surface area contributed by atoms with Gasteiger partial charge in [-0.2, -0.15) is 4.99 Å². The molecule has 0 aromatic heterocycles. The van der Waals surface area contributed by atoms with Crippen LogP contribution in [0.2, 0.25) is 10.0 Å². The molecule has 2 aromatic rings. The van der Waals surface area contributed by atoms with Gasteiger partial charge >= 0.3 is 0 Å². The largest absolute Gasteiger partial charge is 0.454 e. The number of halogens is 3. The summed E-state index contributed by atoms with van der Waals surface area (Å²) < 4.78 is 5.74. The number of guanidine groups is 2. The van der Waals surface area contributed by atoms with Crippen LogP contribution in [0.25, 0.3) is 0 Å². The third-order valence-corrected chi connectivity index (χ3v) is 2.99. The van der Waals surface area contributed by atoms with E-state index in [4.69, 9.17) is 45.1 Å². The molecule has 0 unspecified atom stereocenters. The molecule has 0 saturated carbocycles. The maximum atomic E-state index is 6.08. The van der Waals surface area contributed by atoms with Crippen molar-refractivity contribution in [1.29, 1.82) is 0 Å². The van der Waals surface area contributed by atoms with Gasteiger partial charge in [0.2, 0.25) is 5.96 Å². The minimum atomic E-state index is -0.180. The van der Waals surface area contributed by atoms with Crippen molar-refractivity contribution in [3.05, 3.63) is 52.5 Å². The number of para-hydroxylation sites is 2. The first-order valence-corrected chi connectivity index (χ1v) is 6.87. The summed E-state index contributed by atoms with van der Waals surface area (Å²) in [6, 6.07) is 11.9. The van der Waals surface area contributed by atoms with Gasteiger partial charge in [0, 0.05) is 5.02 Å². The lowest BCUT2D eigenvalue weighted by Crippen LogP contribution is -2.26. The highest BCUT2D eigenvalue weighted by atomic mass is 35.5. The molecule has 0 fully saturated rings. The van der Waals surface area contributed by atoms with E-state index in [0.717, 1.165) is 0 Å². The number of ether oxygens (including phenoxy) is 1. The van der Waals surface area contributed by atoms with Crippen molar-refractivity contribution in [3.63, 3.8) is 0 Å². The number of benzene rings is 2. The number of aliphatic imine (C=N–C) groups is 2. The summed E-state index contributed by atoms with van der Waals surface area (Å²) in [5.41, 5.74) is 16.6. The summed E-state index contributed by atoms with van der Waals surface area (Å²) in [5, 5.41) is 0.893. The van der Waals surface area contributed by atoms with Gasteiger partial charge < -0.3 is 21.9 Å². The lowest BCUT2D eigenvalue weighted by molar-refractivity contribution is 0.484. The van der Waals surface area contributed by atoms with Crippen molar-refractivity contribution in [2.24, 2.45) is 27.2 Å². The molecular weight excluding hydrogens is 361 g/mol. The van der Waals surface area contributed by atoms with Gasteiger partial charge in [0.25, 0.3) is 0 Å². The molecule has 0 amide bonds. The molecular formula is C14H14Cl3N5O. The van der Waals surface area contributed by atoms with Crippen LogP contribution in [0.3, 0.4) is 0 Å². The Kier molecular flexibility index (Phi) is 6.96. The second kappa shape index (κ2) is 8.47. The zero-order chi connectivity index (χ0) is 16.1. The molecule has 122 valence electrons. The van der Waals surface area contributed by atoms with Crippen molar-refractivity contribution in [2.45, 2.75) is 0 Å². The number of nitrogens with zero attached hydrogens (tertiary/aromatic N) is 2. The zero-order valence-corrected chi connectivity index (χ0v) is 14.1. The second-order valence-electron chi connectivity index (χ2n) is 4.15. The van der Waals surface area contributed by atoms with E-state index in [2.05, 4.69) is 9.98 Å². The quantitative estimate of drug-likeness (QED) is 0.564. The maximum absolute atomic E-state index is 6.08. The Morgan fingerprint density at radius 1 is 0.957 bits per heavy atom. The summed E-state index contributed by atoms with van der Waals surface area (Å²) in [4.78, 5) is 7.75. The number of rotatable bonds is 3. The minimum absolute atomic E-state index is 0. The smallest absolute Gasteiger partial charge is 0.223 e. The molecule has 0 radical (unpaired) electrons. The Morgan fingerprint density at radius 2 is 1.65 bits per heavy atom. The summed E-state index contributed by atoms with van der Waals surface area (Å²) in [7, 11) is 0. The first-order chi connectivity index (χ1) is 10.5. The Hall–Kier alpha value is -2.15. The van der Waals surface area contributed by atoms with Gasteiger partial charge in [-0.1, -0.05) is 35.3 Å². The molecule has 0 heterocycles. The molecule has 6 nitrogen and oxygen atoms in total. The molecule has 0 atom stereocenters. The molecule has 0 saturated heterocycles. The van der Waals surface area contributed by atoms with E-state index in [1.165, 1.54) is 0 Å². The molecule has 0 aliphatic rings. The van der Waals surface area contributed by atoms with E-state index in [1.807, 2.05) is 0 Å². The molecule has 9 heteroatoms. The first kappa shape index (κ1) is 18.9. The highest BCUT2D eigenvalue weighted by Crippen LogP contribution is 2.36. The highest BCUT2D eigenvalue weighted by Gasteiger charge is 2.08. The third-order valence-electron chi connectivity index (χ3n) is 2.46. The van der Waals surface area contributed by atoms with Crippen molar-refractivity contribution >= 4 is 53.2 Å². The molecule has 2 rings (SSSR count). The molecule has 0 aliphatic heterocycles. The second-order valence-corrected chi connectivity index (χ2v) is 4.99. The SMILES string of the molecule is Cl.NC(N)=NC(N)=Nc1ccccc1Oc1ccc(Cl)cc1Cl. The zero-order valence-electron chi connectivity index (χ0n) is 11.7. The van der Waals surface area contributed by atoms with Gasteiger partial charge in [0.1, 0.15) is 11.4 Å². The van der Waals surface area contributed by atoms with E-state index in [1.54, 1.807) is 42.5 Å². The Labute approximate surface area is 149 Å². The van der Waals surface area contributed by atoms with E-state index in [9.17, 15) is 0 Å². The fourth-order valence-corrected chi connectivity index (χ4v) is 2.04. The van der Waals surface area contributed by atoms with E-state index in [0.29, 0.717) is 27.2 Å². The van der Waals surface area contributed by atoms with Crippen LogP contribution in [0.5, 0.6) is 11.5 Å².